The Bertz CT molecular complexity index is 374. The Hall–Kier alpha value is -0.910. The van der Waals surface area contributed by atoms with Gasteiger partial charge in [-0.15, -0.1) is 11.8 Å². The second kappa shape index (κ2) is 9.07. The van der Waals surface area contributed by atoms with E-state index >= 15 is 0 Å². The van der Waals surface area contributed by atoms with Crippen LogP contribution < -0.4 is 10.5 Å². The van der Waals surface area contributed by atoms with Crippen LogP contribution in [-0.4, -0.2) is 37.3 Å². The normalized spacial score (nSPS) is 12.4. The third kappa shape index (κ3) is 6.18. The predicted molar refractivity (Wildman–Crippen MR) is 79.9 cm³/mol. The Balaban J connectivity index is 2.35. The molecule has 19 heavy (non-hydrogen) atoms. The van der Waals surface area contributed by atoms with E-state index in [1.165, 1.54) is 0 Å². The number of ether oxygens (including phenoxy) is 2. The van der Waals surface area contributed by atoms with Gasteiger partial charge >= 0.3 is 0 Å². The summed E-state index contributed by atoms with van der Waals surface area (Å²) in [4.78, 5) is 0.976. The van der Waals surface area contributed by atoms with Gasteiger partial charge in [-0.1, -0.05) is 13.3 Å². The van der Waals surface area contributed by atoms with Crippen LogP contribution in [0.1, 0.15) is 19.8 Å². The van der Waals surface area contributed by atoms with Crippen LogP contribution in [0, 0.1) is 0 Å². The molecule has 1 aromatic rings. The third-order valence-corrected chi connectivity index (χ3v) is 3.77. The Morgan fingerprint density at radius 1 is 1.42 bits per heavy atom. The number of benzene rings is 1. The number of methoxy groups -OCH3 is 1. The van der Waals surface area contributed by atoms with Crippen molar-refractivity contribution in [1.82, 2.24) is 0 Å². The molecule has 0 bridgehead atoms. The molecule has 3 N–H and O–H groups in total. The smallest absolute Gasteiger partial charge is 0.134 e. The molecule has 0 aliphatic heterocycles. The van der Waals surface area contributed by atoms with E-state index in [2.05, 4.69) is 6.92 Å². The van der Waals surface area contributed by atoms with Gasteiger partial charge in [0, 0.05) is 29.0 Å². The molecular weight excluding hydrogens is 262 g/mol. The van der Waals surface area contributed by atoms with E-state index in [1.54, 1.807) is 24.9 Å². The van der Waals surface area contributed by atoms with Crippen LogP contribution >= 0.6 is 11.8 Å². The van der Waals surface area contributed by atoms with Gasteiger partial charge in [-0.2, -0.15) is 0 Å². The van der Waals surface area contributed by atoms with Gasteiger partial charge in [0.2, 0.25) is 0 Å². The number of nitrogens with two attached hydrogens (primary N) is 1. The van der Waals surface area contributed by atoms with Crippen LogP contribution in [0.2, 0.25) is 0 Å². The maximum atomic E-state index is 9.82. The lowest BCUT2D eigenvalue weighted by molar-refractivity contribution is 0.0473. The van der Waals surface area contributed by atoms with Gasteiger partial charge in [0.1, 0.15) is 5.75 Å². The summed E-state index contributed by atoms with van der Waals surface area (Å²) in [7, 11) is 1.61. The zero-order valence-corrected chi connectivity index (χ0v) is 12.4. The van der Waals surface area contributed by atoms with Crippen molar-refractivity contribution >= 4 is 17.4 Å². The minimum Gasteiger partial charge on any atom is -0.496 e. The van der Waals surface area contributed by atoms with E-state index in [1.807, 2.05) is 12.1 Å². The predicted octanol–water partition coefficient (Wildman–Crippen LogP) is 2.55. The van der Waals surface area contributed by atoms with Crippen molar-refractivity contribution < 1.29 is 14.6 Å². The van der Waals surface area contributed by atoms with Crippen molar-refractivity contribution in [3.8, 4) is 5.75 Å². The van der Waals surface area contributed by atoms with Gasteiger partial charge in [-0.25, -0.2) is 0 Å². The summed E-state index contributed by atoms with van der Waals surface area (Å²) in [6.07, 6.45) is 1.67. The molecule has 108 valence electrons. The van der Waals surface area contributed by atoms with Crippen molar-refractivity contribution in [3.63, 3.8) is 0 Å². The number of anilines is 1. The summed E-state index contributed by atoms with van der Waals surface area (Å²) < 4.78 is 10.6. The van der Waals surface area contributed by atoms with Gasteiger partial charge in [0.05, 0.1) is 19.8 Å². The number of hydrogen-bond donors (Lipinski definition) is 2. The van der Waals surface area contributed by atoms with Crippen molar-refractivity contribution in [1.29, 1.82) is 0 Å². The number of nitrogen functional groups attached to an aromatic ring is 1. The molecule has 1 atom stereocenters. The van der Waals surface area contributed by atoms with E-state index in [9.17, 15) is 5.11 Å². The molecule has 1 unspecified atom stereocenters. The maximum absolute atomic E-state index is 9.82. The van der Waals surface area contributed by atoms with Gasteiger partial charge in [0.25, 0.3) is 0 Å². The van der Waals surface area contributed by atoms with Crippen molar-refractivity contribution in [2.45, 2.75) is 30.8 Å². The van der Waals surface area contributed by atoms with E-state index in [-0.39, 0.29) is 0 Å². The van der Waals surface area contributed by atoms with Gasteiger partial charge in [-0.3, -0.25) is 0 Å². The molecule has 0 fully saturated rings. The van der Waals surface area contributed by atoms with Crippen LogP contribution in [0.25, 0.3) is 0 Å². The first kappa shape index (κ1) is 16.1. The molecular formula is C14H23NO3S. The second-order valence-corrected chi connectivity index (χ2v) is 5.37. The Kier molecular flexibility index (Phi) is 7.70. The molecule has 0 saturated heterocycles. The molecule has 0 radical (unpaired) electrons. The van der Waals surface area contributed by atoms with E-state index in [0.717, 1.165) is 23.5 Å². The summed E-state index contributed by atoms with van der Waals surface area (Å²) in [5.74, 6) is 1.32. The average Bonchev–Trinajstić information content (AvgIpc) is 2.42. The lowest BCUT2D eigenvalue weighted by Gasteiger charge is -2.13. The number of unbranched alkanes of at least 4 members (excludes halogenated alkanes) is 1. The minimum absolute atomic E-state index is 0.379. The molecule has 0 amide bonds. The number of rotatable bonds is 9. The van der Waals surface area contributed by atoms with Crippen LogP contribution in [0.5, 0.6) is 5.75 Å². The lowest BCUT2D eigenvalue weighted by atomic mass is 10.3. The molecule has 5 heteroatoms. The first-order chi connectivity index (χ1) is 9.17. The molecule has 1 aromatic carbocycles. The fourth-order valence-electron chi connectivity index (χ4n) is 1.50. The summed E-state index contributed by atoms with van der Waals surface area (Å²) in [5.41, 5.74) is 6.37. The summed E-state index contributed by atoms with van der Waals surface area (Å²) in [6.45, 7) is 3.21. The van der Waals surface area contributed by atoms with Crippen molar-refractivity contribution in [2.75, 3.05) is 31.8 Å². The number of aliphatic hydroxyl groups excluding tert-OH is 1. The van der Waals surface area contributed by atoms with Crippen molar-refractivity contribution in [3.05, 3.63) is 18.2 Å². The fourth-order valence-corrected chi connectivity index (χ4v) is 2.42. The summed E-state index contributed by atoms with van der Waals surface area (Å²) in [5, 5.41) is 9.82. The van der Waals surface area contributed by atoms with Gasteiger partial charge in [0.15, 0.2) is 0 Å². The molecule has 0 aliphatic rings. The topological polar surface area (TPSA) is 64.7 Å². The monoisotopic (exact) mass is 285 g/mol. The zero-order chi connectivity index (χ0) is 14.1. The molecule has 0 aliphatic carbocycles. The Labute approximate surface area is 119 Å². The molecule has 1 rings (SSSR count). The third-order valence-electron chi connectivity index (χ3n) is 2.57. The standard InChI is InChI=1S/C14H23NO3S/c1-3-4-7-18-9-12(16)10-19-14-6-5-11(15)8-13(14)17-2/h5-6,8,12,16H,3-4,7,9-10,15H2,1-2H3. The highest BCUT2D eigenvalue weighted by Gasteiger charge is 2.09. The number of hydrogen-bond acceptors (Lipinski definition) is 5. The first-order valence-corrected chi connectivity index (χ1v) is 7.48. The molecule has 0 aromatic heterocycles. The van der Waals surface area contributed by atoms with Crippen LogP contribution in [0.15, 0.2) is 23.1 Å². The van der Waals surface area contributed by atoms with Crippen LogP contribution in [-0.2, 0) is 4.74 Å². The van der Waals surface area contributed by atoms with Crippen LogP contribution in [0.4, 0.5) is 5.69 Å². The lowest BCUT2D eigenvalue weighted by Crippen LogP contribution is -2.18. The average molecular weight is 285 g/mol. The Morgan fingerprint density at radius 3 is 2.89 bits per heavy atom. The van der Waals surface area contributed by atoms with E-state index < -0.39 is 6.10 Å². The molecule has 4 nitrogen and oxygen atoms in total. The molecule has 0 heterocycles. The molecule has 0 spiro atoms. The largest absolute Gasteiger partial charge is 0.496 e. The summed E-state index contributed by atoms with van der Waals surface area (Å²) in [6, 6.07) is 5.52. The second-order valence-electron chi connectivity index (χ2n) is 4.30. The van der Waals surface area contributed by atoms with Gasteiger partial charge < -0.3 is 20.3 Å². The molecule has 0 saturated carbocycles. The SMILES string of the molecule is CCCCOCC(O)CSc1ccc(N)cc1OC. The summed E-state index contributed by atoms with van der Waals surface area (Å²) >= 11 is 1.54. The fraction of sp³-hybridized carbons (Fsp3) is 0.571. The number of thioether (sulfide) groups is 1. The minimum atomic E-state index is -0.468. The zero-order valence-electron chi connectivity index (χ0n) is 11.6. The highest BCUT2D eigenvalue weighted by atomic mass is 32.2. The highest BCUT2D eigenvalue weighted by Crippen LogP contribution is 2.31. The van der Waals surface area contributed by atoms with Crippen molar-refractivity contribution in [2.24, 2.45) is 0 Å². The highest BCUT2D eigenvalue weighted by molar-refractivity contribution is 7.99. The van der Waals surface area contributed by atoms with E-state index in [4.69, 9.17) is 15.2 Å². The quantitative estimate of drug-likeness (QED) is 0.415. The van der Waals surface area contributed by atoms with Gasteiger partial charge in [-0.05, 0) is 18.6 Å². The van der Waals surface area contributed by atoms with E-state index in [0.29, 0.717) is 24.7 Å². The Morgan fingerprint density at radius 2 is 2.21 bits per heavy atom. The maximum Gasteiger partial charge on any atom is 0.134 e. The van der Waals surface area contributed by atoms with Crippen LogP contribution in [0.3, 0.4) is 0 Å². The number of aliphatic hydroxyl groups is 1. The first-order valence-electron chi connectivity index (χ1n) is 6.49.